The van der Waals surface area contributed by atoms with Crippen molar-refractivity contribution in [1.29, 1.82) is 0 Å². The lowest BCUT2D eigenvalue weighted by molar-refractivity contribution is -0.133. The van der Waals surface area contributed by atoms with E-state index in [1.807, 2.05) is 6.92 Å². The third-order valence-corrected chi connectivity index (χ3v) is 6.89. The van der Waals surface area contributed by atoms with Crippen LogP contribution in [0.3, 0.4) is 0 Å². The molecule has 7 nitrogen and oxygen atoms in total. The van der Waals surface area contributed by atoms with Crippen LogP contribution in [0.5, 0.6) is 0 Å². The van der Waals surface area contributed by atoms with Gasteiger partial charge >= 0.3 is 6.03 Å². The van der Waals surface area contributed by atoms with E-state index in [2.05, 4.69) is 11.9 Å². The van der Waals surface area contributed by atoms with Gasteiger partial charge in [-0.1, -0.05) is 19.1 Å². The number of Topliss-reactive ketones (excluding diaryl/α,β-unsaturated/α-hetero) is 1. The summed E-state index contributed by atoms with van der Waals surface area (Å²) < 4.78 is 0. The summed E-state index contributed by atoms with van der Waals surface area (Å²) in [4.78, 5) is 53.3. The average Bonchev–Trinajstić information content (AvgIpc) is 3.27. The summed E-state index contributed by atoms with van der Waals surface area (Å²) in [6.07, 6.45) is 1.78. The van der Waals surface area contributed by atoms with E-state index < -0.39 is 5.54 Å². The number of urea groups is 1. The number of thiophene rings is 1. The van der Waals surface area contributed by atoms with Crippen LogP contribution in [-0.4, -0.2) is 58.6 Å². The van der Waals surface area contributed by atoms with Crippen LogP contribution in [0.4, 0.5) is 4.79 Å². The lowest BCUT2D eigenvalue weighted by Gasteiger charge is -2.40. The van der Waals surface area contributed by atoms with E-state index in [-0.39, 0.29) is 36.1 Å². The lowest BCUT2D eigenvalue weighted by Crippen LogP contribution is -2.56. The highest BCUT2D eigenvalue weighted by Gasteiger charge is 2.54. The Morgan fingerprint density at radius 3 is 2.45 bits per heavy atom. The number of rotatable bonds is 6. The fourth-order valence-electron chi connectivity index (χ4n) is 4.25. The molecule has 1 aromatic heterocycles. The van der Waals surface area contributed by atoms with Gasteiger partial charge in [-0.3, -0.25) is 19.3 Å². The van der Waals surface area contributed by atoms with Gasteiger partial charge in [0, 0.05) is 18.5 Å². The maximum atomic E-state index is 13.1. The van der Waals surface area contributed by atoms with Crippen molar-refractivity contribution in [1.82, 2.24) is 15.1 Å². The van der Waals surface area contributed by atoms with Crippen molar-refractivity contribution in [2.75, 3.05) is 19.6 Å². The van der Waals surface area contributed by atoms with Crippen molar-refractivity contribution in [3.05, 3.63) is 34.0 Å². The summed E-state index contributed by atoms with van der Waals surface area (Å²) >= 11 is 1.28. The van der Waals surface area contributed by atoms with Gasteiger partial charge in [0.1, 0.15) is 5.54 Å². The molecule has 3 rings (SSSR count). The molecule has 1 aromatic rings. The highest BCUT2D eigenvalue weighted by molar-refractivity contribution is 7.12. The van der Waals surface area contributed by atoms with Gasteiger partial charge in [0.2, 0.25) is 0 Å². The quantitative estimate of drug-likeness (QED) is 0.438. The van der Waals surface area contributed by atoms with Crippen LogP contribution < -0.4 is 5.32 Å². The summed E-state index contributed by atoms with van der Waals surface area (Å²) in [5, 5.41) is 4.66. The Kier molecular flexibility index (Phi) is 5.93. The molecule has 0 saturated carbocycles. The first-order valence-corrected chi connectivity index (χ1v) is 10.7. The lowest BCUT2D eigenvalue weighted by atomic mass is 9.75. The van der Waals surface area contributed by atoms with Gasteiger partial charge in [-0.05, 0) is 45.1 Å². The Hall–Kier alpha value is -2.48. The number of ketones is 1. The fraction of sp³-hybridized carbons (Fsp3) is 0.524. The first kappa shape index (κ1) is 21.2. The number of nitrogens with one attached hydrogen (secondary N) is 1. The van der Waals surface area contributed by atoms with Crippen LogP contribution in [0, 0.1) is 5.92 Å². The zero-order valence-electron chi connectivity index (χ0n) is 17.1. The van der Waals surface area contributed by atoms with E-state index in [9.17, 15) is 19.2 Å². The Balaban J connectivity index is 1.69. The Morgan fingerprint density at radius 1 is 1.28 bits per heavy atom. The predicted octanol–water partition coefficient (Wildman–Crippen LogP) is 3.08. The number of piperidine rings is 1. The van der Waals surface area contributed by atoms with Gasteiger partial charge in [-0.15, -0.1) is 11.3 Å². The minimum Gasteiger partial charge on any atom is -0.339 e. The van der Waals surface area contributed by atoms with E-state index in [0.29, 0.717) is 42.8 Å². The summed E-state index contributed by atoms with van der Waals surface area (Å²) in [6, 6.07) is 1.28. The molecule has 3 heterocycles. The van der Waals surface area contributed by atoms with Gasteiger partial charge in [-0.2, -0.15) is 0 Å². The van der Waals surface area contributed by atoms with E-state index in [1.54, 1.807) is 23.3 Å². The summed E-state index contributed by atoms with van der Waals surface area (Å²) in [5.41, 5.74) is 0.370. The van der Waals surface area contributed by atoms with Crippen molar-refractivity contribution in [2.45, 2.75) is 45.6 Å². The molecule has 4 amide bonds. The number of amides is 4. The monoisotopic (exact) mass is 417 g/mol. The second kappa shape index (κ2) is 8.10. The van der Waals surface area contributed by atoms with Crippen LogP contribution in [0.25, 0.3) is 0 Å². The molecule has 0 aromatic carbocycles. The van der Waals surface area contributed by atoms with E-state index in [4.69, 9.17) is 0 Å². The first-order chi connectivity index (χ1) is 13.7. The molecular weight excluding hydrogens is 390 g/mol. The number of hydrogen-bond acceptors (Lipinski definition) is 5. The van der Waals surface area contributed by atoms with Crippen LogP contribution >= 0.6 is 11.3 Å². The number of imide groups is 1. The van der Waals surface area contributed by atoms with Crippen LogP contribution in [0.1, 0.15) is 60.1 Å². The molecule has 1 atom stereocenters. The molecule has 1 N–H and O–H groups in total. The SMILES string of the molecule is C=C(C)CN1C(=O)NC(CC)(C2CCN(C(=O)c3csc(C(C)=O)c3)CC2)C1=O. The molecule has 29 heavy (non-hydrogen) atoms. The molecule has 0 bridgehead atoms. The molecule has 8 heteroatoms. The Bertz CT molecular complexity index is 869. The number of hydrogen-bond donors (Lipinski definition) is 1. The summed E-state index contributed by atoms with van der Waals surface area (Å²) in [6.45, 7) is 10.2. The average molecular weight is 418 g/mol. The van der Waals surface area contributed by atoms with Crippen molar-refractivity contribution in [2.24, 2.45) is 5.92 Å². The topological polar surface area (TPSA) is 86.8 Å². The molecular formula is C21H27N3O4S. The van der Waals surface area contributed by atoms with E-state index in [1.165, 1.54) is 23.2 Å². The third-order valence-electron chi connectivity index (χ3n) is 5.86. The molecule has 2 aliphatic heterocycles. The van der Waals surface area contributed by atoms with Crippen molar-refractivity contribution >= 4 is 35.0 Å². The number of nitrogens with zero attached hydrogens (tertiary/aromatic N) is 2. The minimum absolute atomic E-state index is 0.0293. The third kappa shape index (κ3) is 3.85. The molecule has 156 valence electrons. The standard InChI is InChI=1S/C21H27N3O4S/c1-5-21(19(27)24(11-13(2)3)20(28)22-21)16-6-8-23(9-7-16)18(26)15-10-17(14(4)25)29-12-15/h10,12,16H,2,5-9,11H2,1,3-4H3,(H,22,28). The van der Waals surface area contributed by atoms with Gasteiger partial charge in [0.05, 0.1) is 17.0 Å². The second-order valence-electron chi connectivity index (χ2n) is 7.93. The van der Waals surface area contributed by atoms with Crippen molar-refractivity contribution in [3.8, 4) is 0 Å². The van der Waals surface area contributed by atoms with Crippen LogP contribution in [0.2, 0.25) is 0 Å². The number of carbonyl (C=O) groups is 4. The maximum absolute atomic E-state index is 13.1. The zero-order chi connectivity index (χ0) is 21.3. The molecule has 1 unspecified atom stereocenters. The van der Waals surface area contributed by atoms with Gasteiger partial charge < -0.3 is 10.2 Å². The molecule has 2 saturated heterocycles. The fourth-order valence-corrected chi connectivity index (χ4v) is 5.04. The molecule has 0 radical (unpaired) electrons. The molecule has 2 fully saturated rings. The second-order valence-corrected chi connectivity index (χ2v) is 8.84. The van der Waals surface area contributed by atoms with E-state index in [0.717, 1.165) is 5.57 Å². The highest BCUT2D eigenvalue weighted by Crippen LogP contribution is 2.36. The molecule has 0 spiro atoms. The number of likely N-dealkylation sites (tertiary alicyclic amines) is 1. The highest BCUT2D eigenvalue weighted by atomic mass is 32.1. The zero-order valence-corrected chi connectivity index (χ0v) is 17.9. The summed E-state index contributed by atoms with van der Waals surface area (Å²) in [7, 11) is 0. The van der Waals surface area contributed by atoms with E-state index >= 15 is 0 Å². The largest absolute Gasteiger partial charge is 0.339 e. The van der Waals surface area contributed by atoms with Crippen LogP contribution in [0.15, 0.2) is 23.6 Å². The number of carbonyl (C=O) groups excluding carboxylic acids is 4. The molecule has 0 aliphatic carbocycles. The smallest absolute Gasteiger partial charge is 0.325 e. The minimum atomic E-state index is -0.911. The van der Waals surface area contributed by atoms with Gasteiger partial charge in [0.25, 0.3) is 11.8 Å². The van der Waals surface area contributed by atoms with Gasteiger partial charge in [-0.25, -0.2) is 4.79 Å². The van der Waals surface area contributed by atoms with Crippen LogP contribution in [-0.2, 0) is 4.79 Å². The first-order valence-electron chi connectivity index (χ1n) is 9.86. The Labute approximate surface area is 174 Å². The van der Waals surface area contributed by atoms with Crippen molar-refractivity contribution in [3.63, 3.8) is 0 Å². The maximum Gasteiger partial charge on any atom is 0.325 e. The Morgan fingerprint density at radius 2 is 1.93 bits per heavy atom. The van der Waals surface area contributed by atoms with Crippen molar-refractivity contribution < 1.29 is 19.2 Å². The van der Waals surface area contributed by atoms with Gasteiger partial charge in [0.15, 0.2) is 5.78 Å². The molecule has 2 aliphatic rings. The summed E-state index contributed by atoms with van der Waals surface area (Å²) in [5.74, 6) is -0.365. The predicted molar refractivity (Wildman–Crippen MR) is 111 cm³/mol. The normalized spacial score (nSPS) is 22.7.